The third kappa shape index (κ3) is 73.7. The highest BCUT2D eigenvalue weighted by Crippen LogP contribution is 2.14. The molecule has 1 aliphatic heterocycles. The first-order valence-corrected chi connectivity index (χ1v) is 47.3. The van der Waals surface area contributed by atoms with Gasteiger partial charge in [-0.15, -0.1) is 0 Å². The van der Waals surface area contributed by atoms with Gasteiger partial charge < -0.3 is 96.6 Å². The number of nitrogens with zero attached hydrogens (tertiary/aromatic N) is 5. The predicted octanol–water partition coefficient (Wildman–Crippen LogP) is 11.7. The molecule has 1 fully saturated rings. The highest BCUT2D eigenvalue weighted by molar-refractivity contribution is 5.76. The Bertz CT molecular complexity index is 2150. The van der Waals surface area contributed by atoms with Crippen LogP contribution in [0.3, 0.4) is 0 Å². The zero-order valence-electron chi connectivity index (χ0n) is 76.1. The average Bonchev–Trinajstić information content (AvgIpc) is 0.886. The number of esters is 5. The van der Waals surface area contributed by atoms with E-state index in [1.165, 1.54) is 64.2 Å². The van der Waals surface area contributed by atoms with Gasteiger partial charge in [-0.25, -0.2) is 24.0 Å². The van der Waals surface area contributed by atoms with Crippen molar-refractivity contribution >= 4 is 29.8 Å². The highest BCUT2D eigenvalue weighted by Gasteiger charge is 2.30. The van der Waals surface area contributed by atoms with E-state index in [1.807, 2.05) is 4.90 Å². The maximum Gasteiger partial charge on any atom is 0.336 e. The molecule has 30 heteroatoms. The summed E-state index contributed by atoms with van der Waals surface area (Å²) in [5.74, 6) is -4.07. The van der Waals surface area contributed by atoms with E-state index in [4.69, 9.17) is 71.1 Å². The fraction of sp³-hybridized carbons (Fsp3) is 0.944. The Labute approximate surface area is 724 Å². The topological polar surface area (TPSA) is 341 Å². The standard InChI is InChI=1S/C90H175N5O25/c1-6-11-16-31-56-106-76-111-61-36-21-26-41-66-116-86(101)81(96)71-93(53-55-95(74-84(99)89(104)119-69-44-29-24-39-64-114-79-109-59-34-19-14-9-4)75-85(100)90(105)120-70-45-30-25-40-65-115-80-110-60-35-20-15-10-5)52-50-91-46-48-92(49-47-91)51-54-94(72-82(97)87(102)117-67-42-27-22-37-62-112-77-107-57-32-17-12-7-2)73-83(98)88(103)118-68-43-28-23-38-63-113-78-108-58-33-18-13-8-3/h81-85,96-100H,6-80H2,1-5H3. The fourth-order valence-electron chi connectivity index (χ4n) is 13.2. The van der Waals surface area contributed by atoms with Crippen molar-refractivity contribution in [1.29, 1.82) is 0 Å². The van der Waals surface area contributed by atoms with Gasteiger partial charge in [-0.3, -0.25) is 24.5 Å². The lowest BCUT2D eigenvalue weighted by Gasteiger charge is -2.37. The number of aliphatic hydroxyl groups is 5. The van der Waals surface area contributed by atoms with Crippen LogP contribution in [0.25, 0.3) is 0 Å². The third-order valence-electron chi connectivity index (χ3n) is 20.9. The monoisotopic (exact) mass is 1730 g/mol. The van der Waals surface area contributed by atoms with Crippen LogP contribution in [-0.2, 0) is 95.0 Å². The van der Waals surface area contributed by atoms with Gasteiger partial charge in [0.1, 0.15) is 34.0 Å². The van der Waals surface area contributed by atoms with E-state index in [9.17, 15) is 49.5 Å². The Morgan fingerprint density at radius 1 is 0.225 bits per heavy atom. The first-order chi connectivity index (χ1) is 58.7. The largest absolute Gasteiger partial charge is 0.464 e. The quantitative estimate of drug-likeness (QED) is 0.0163. The van der Waals surface area contributed by atoms with Crippen molar-refractivity contribution in [2.75, 3.05) is 231 Å². The van der Waals surface area contributed by atoms with Gasteiger partial charge in [0.2, 0.25) is 0 Å². The van der Waals surface area contributed by atoms with E-state index in [-0.39, 0.29) is 119 Å². The molecule has 1 aliphatic rings. The van der Waals surface area contributed by atoms with Crippen molar-refractivity contribution < 1.29 is 121 Å². The fourth-order valence-corrected chi connectivity index (χ4v) is 13.2. The molecule has 1 heterocycles. The molecule has 0 saturated carbocycles. The van der Waals surface area contributed by atoms with Gasteiger partial charge in [0.05, 0.1) is 33.0 Å². The van der Waals surface area contributed by atoms with E-state index in [2.05, 4.69) is 44.4 Å². The van der Waals surface area contributed by atoms with Gasteiger partial charge in [0, 0.05) is 164 Å². The predicted molar refractivity (Wildman–Crippen MR) is 464 cm³/mol. The Balaban J connectivity index is 3.21. The van der Waals surface area contributed by atoms with E-state index < -0.39 is 60.4 Å². The number of ether oxygens (including phenoxy) is 15. The molecule has 0 aromatic carbocycles. The summed E-state index contributed by atoms with van der Waals surface area (Å²) in [6.07, 6.45) is 30.0. The van der Waals surface area contributed by atoms with Gasteiger partial charge in [0.25, 0.3) is 0 Å². The molecular formula is C90H175N5O25. The minimum Gasteiger partial charge on any atom is -0.464 e. The lowest BCUT2D eigenvalue weighted by molar-refractivity contribution is -0.158. The van der Waals surface area contributed by atoms with Crippen molar-refractivity contribution in [3.8, 4) is 0 Å². The van der Waals surface area contributed by atoms with Crippen molar-refractivity contribution in [1.82, 2.24) is 24.5 Å². The molecule has 30 nitrogen and oxygen atoms in total. The Morgan fingerprint density at radius 3 is 0.583 bits per heavy atom. The zero-order valence-corrected chi connectivity index (χ0v) is 76.1. The SMILES string of the molecule is CCCCCCOCOCCCCCCOC(=O)C(O)CN(CCN1CCN(CCN(CC(O)C(=O)OCCCCCCOCOCCCCCC)CC(O)C(=O)OCCCCCCOCOCCCCCC)CC1)CCN(CC(O)C(=O)OCCCCCCOCOCCCCCC)CC(O)C(=O)OCCCCCCOCOCCCCCC. The Kier molecular flexibility index (Phi) is 83.6. The number of carbonyl (C=O) groups excluding carboxylic acids is 5. The van der Waals surface area contributed by atoms with Crippen LogP contribution in [-0.4, -0.2) is 342 Å². The van der Waals surface area contributed by atoms with Crippen LogP contribution in [0.1, 0.15) is 291 Å². The average molecular weight is 1730 g/mol. The molecule has 0 aromatic rings. The molecule has 0 bridgehead atoms. The van der Waals surface area contributed by atoms with E-state index in [0.717, 1.165) is 161 Å². The molecule has 710 valence electrons. The van der Waals surface area contributed by atoms with E-state index in [1.54, 1.807) is 9.80 Å². The second-order valence-electron chi connectivity index (χ2n) is 32.0. The summed E-state index contributed by atoms with van der Waals surface area (Å²) in [6, 6.07) is 0. The maximum atomic E-state index is 13.5. The smallest absolute Gasteiger partial charge is 0.336 e. The molecule has 5 N–H and O–H groups in total. The van der Waals surface area contributed by atoms with Crippen molar-refractivity contribution in [2.24, 2.45) is 0 Å². The number of aliphatic hydroxyl groups excluding tert-OH is 5. The van der Waals surface area contributed by atoms with Crippen LogP contribution in [0.2, 0.25) is 0 Å². The van der Waals surface area contributed by atoms with Gasteiger partial charge in [0.15, 0.2) is 30.5 Å². The lowest BCUT2D eigenvalue weighted by atomic mass is 10.2. The van der Waals surface area contributed by atoms with Gasteiger partial charge in [-0.05, 0) is 128 Å². The second kappa shape index (κ2) is 87.6. The first-order valence-electron chi connectivity index (χ1n) is 47.3. The maximum absolute atomic E-state index is 13.5. The summed E-state index contributed by atoms with van der Waals surface area (Å²) >= 11 is 0. The van der Waals surface area contributed by atoms with Crippen molar-refractivity contribution in [3.05, 3.63) is 0 Å². The van der Waals surface area contributed by atoms with Crippen LogP contribution in [0.4, 0.5) is 0 Å². The lowest BCUT2D eigenvalue weighted by Crippen LogP contribution is -2.52. The minimum atomic E-state index is -1.65. The molecule has 1 rings (SSSR count). The molecular weight excluding hydrogens is 1550 g/mol. The van der Waals surface area contributed by atoms with Crippen molar-refractivity contribution in [2.45, 2.75) is 322 Å². The molecule has 5 atom stereocenters. The van der Waals surface area contributed by atoms with Crippen LogP contribution in [0, 0.1) is 0 Å². The molecule has 0 aliphatic carbocycles. The Hall–Kier alpha value is -3.45. The van der Waals surface area contributed by atoms with Gasteiger partial charge in [-0.2, -0.15) is 0 Å². The second-order valence-corrected chi connectivity index (χ2v) is 32.0. The molecule has 1 saturated heterocycles. The van der Waals surface area contributed by atoms with Crippen LogP contribution >= 0.6 is 0 Å². The van der Waals surface area contributed by atoms with Crippen LogP contribution in [0.15, 0.2) is 0 Å². The molecule has 0 aromatic heterocycles. The summed E-state index contributed by atoms with van der Waals surface area (Å²) in [7, 11) is 0. The van der Waals surface area contributed by atoms with E-state index >= 15 is 0 Å². The van der Waals surface area contributed by atoms with Crippen LogP contribution in [0.5, 0.6) is 0 Å². The Morgan fingerprint density at radius 2 is 0.383 bits per heavy atom. The molecule has 0 radical (unpaired) electrons. The molecule has 5 unspecified atom stereocenters. The normalized spacial score (nSPS) is 14.1. The third-order valence-corrected chi connectivity index (χ3v) is 20.9. The number of hydrogen-bond donors (Lipinski definition) is 5. The van der Waals surface area contributed by atoms with Gasteiger partial charge in [-0.1, -0.05) is 163 Å². The first kappa shape index (κ1) is 115. The summed E-state index contributed by atoms with van der Waals surface area (Å²) in [4.78, 5) is 76.5. The number of carbonyl (C=O) groups is 5. The highest BCUT2D eigenvalue weighted by atomic mass is 16.7. The summed E-state index contributed by atoms with van der Waals surface area (Å²) < 4.78 is 83.6. The van der Waals surface area contributed by atoms with E-state index in [0.29, 0.717) is 144 Å². The van der Waals surface area contributed by atoms with Crippen LogP contribution < -0.4 is 0 Å². The van der Waals surface area contributed by atoms with Gasteiger partial charge >= 0.3 is 29.8 Å². The molecule has 0 spiro atoms. The molecule has 0 amide bonds. The summed E-state index contributed by atoms with van der Waals surface area (Å²) in [6.45, 7) is 22.1. The van der Waals surface area contributed by atoms with Crippen molar-refractivity contribution in [3.63, 3.8) is 0 Å². The number of piperazine rings is 1. The number of rotatable bonds is 94. The number of hydrogen-bond acceptors (Lipinski definition) is 30. The summed E-state index contributed by atoms with van der Waals surface area (Å²) in [5, 5.41) is 56.8. The number of unbranched alkanes of at least 4 members (excludes halogenated alkanes) is 30. The molecule has 120 heavy (non-hydrogen) atoms. The summed E-state index contributed by atoms with van der Waals surface area (Å²) in [5.41, 5.74) is 0. The minimum absolute atomic E-state index is 0.0746. The zero-order chi connectivity index (χ0) is 87.3.